The van der Waals surface area contributed by atoms with Crippen molar-refractivity contribution in [2.45, 2.75) is 6.54 Å². The van der Waals surface area contributed by atoms with Gasteiger partial charge in [0.25, 0.3) is 0 Å². The fraction of sp³-hybridized carbons (Fsp3) is 0.158. The van der Waals surface area contributed by atoms with Gasteiger partial charge in [-0.3, -0.25) is 9.59 Å². The van der Waals surface area contributed by atoms with Crippen molar-refractivity contribution < 1.29 is 9.53 Å². The molecule has 0 unspecified atom stereocenters. The maximum absolute atomic E-state index is 12.7. The highest BCUT2D eigenvalue weighted by Gasteiger charge is 2.16. The fourth-order valence-electron chi connectivity index (χ4n) is 2.69. The lowest BCUT2D eigenvalue weighted by molar-refractivity contribution is -0.118. The van der Waals surface area contributed by atoms with E-state index in [1.807, 2.05) is 42.5 Å². The first kappa shape index (κ1) is 15.8. The summed E-state index contributed by atoms with van der Waals surface area (Å²) in [6.07, 6.45) is 1.65. The first-order valence-corrected chi connectivity index (χ1v) is 7.59. The average Bonchev–Trinajstić information content (AvgIpc) is 2.63. The number of hydrogen-bond acceptors (Lipinski definition) is 3. The van der Waals surface area contributed by atoms with Crippen LogP contribution >= 0.6 is 0 Å². The van der Waals surface area contributed by atoms with Gasteiger partial charge in [-0.05, 0) is 24.3 Å². The number of fused-ring (bicyclic) bond motifs is 1. The number of likely N-dealkylation sites (N-methyl/N-ethyl adjacent to an activating group) is 1. The van der Waals surface area contributed by atoms with Gasteiger partial charge in [-0.2, -0.15) is 0 Å². The Bertz CT molecular complexity index is 946. The minimum atomic E-state index is -0.103. The summed E-state index contributed by atoms with van der Waals surface area (Å²) >= 11 is 0. The molecule has 0 aliphatic rings. The van der Waals surface area contributed by atoms with Gasteiger partial charge in [-0.1, -0.05) is 24.3 Å². The van der Waals surface area contributed by atoms with Crippen molar-refractivity contribution in [3.8, 4) is 5.75 Å². The van der Waals surface area contributed by atoms with Crippen LogP contribution in [0.15, 0.2) is 65.6 Å². The summed E-state index contributed by atoms with van der Waals surface area (Å²) in [5, 5.41) is 0.604. The van der Waals surface area contributed by atoms with Crippen molar-refractivity contribution in [1.29, 1.82) is 0 Å². The van der Waals surface area contributed by atoms with E-state index < -0.39 is 0 Å². The highest BCUT2D eigenvalue weighted by atomic mass is 16.5. The monoisotopic (exact) mass is 322 g/mol. The summed E-state index contributed by atoms with van der Waals surface area (Å²) < 4.78 is 7.09. The molecule has 0 N–H and O–H groups in total. The van der Waals surface area contributed by atoms with Crippen molar-refractivity contribution in [2.24, 2.45) is 0 Å². The number of amides is 1. The number of para-hydroxylation sites is 3. The summed E-state index contributed by atoms with van der Waals surface area (Å²) in [5.74, 6) is 0.534. The number of pyridine rings is 1. The van der Waals surface area contributed by atoms with Gasteiger partial charge >= 0.3 is 0 Å². The van der Waals surface area contributed by atoms with Gasteiger partial charge in [0.05, 0.1) is 18.3 Å². The van der Waals surface area contributed by atoms with Gasteiger partial charge in [-0.25, -0.2) is 0 Å². The molecule has 1 heterocycles. The Labute approximate surface area is 139 Å². The van der Waals surface area contributed by atoms with Gasteiger partial charge in [0.15, 0.2) is 5.43 Å². The fourth-order valence-corrected chi connectivity index (χ4v) is 2.69. The summed E-state index contributed by atoms with van der Waals surface area (Å²) in [4.78, 5) is 26.2. The lowest BCUT2D eigenvalue weighted by atomic mass is 10.2. The van der Waals surface area contributed by atoms with Crippen LogP contribution in [0.2, 0.25) is 0 Å². The maximum atomic E-state index is 12.7. The van der Waals surface area contributed by atoms with Crippen LogP contribution in [0, 0.1) is 0 Å². The van der Waals surface area contributed by atoms with Crippen LogP contribution in [0.4, 0.5) is 5.69 Å². The van der Waals surface area contributed by atoms with Crippen molar-refractivity contribution in [3.63, 3.8) is 0 Å². The molecule has 1 aromatic heterocycles. The van der Waals surface area contributed by atoms with E-state index in [9.17, 15) is 9.59 Å². The van der Waals surface area contributed by atoms with Crippen molar-refractivity contribution >= 4 is 22.5 Å². The lowest BCUT2D eigenvalue weighted by Gasteiger charge is -2.21. The van der Waals surface area contributed by atoms with Gasteiger partial charge in [0, 0.05) is 24.7 Å². The van der Waals surface area contributed by atoms with Gasteiger partial charge in [-0.15, -0.1) is 0 Å². The second-order valence-electron chi connectivity index (χ2n) is 5.45. The molecule has 5 heteroatoms. The third-order valence-corrected chi connectivity index (χ3v) is 4.01. The number of benzene rings is 2. The Morgan fingerprint density at radius 2 is 1.79 bits per heavy atom. The average molecular weight is 322 g/mol. The summed E-state index contributed by atoms with van der Waals surface area (Å²) in [6.45, 7) is 0.134. The highest BCUT2D eigenvalue weighted by molar-refractivity contribution is 5.95. The highest BCUT2D eigenvalue weighted by Crippen LogP contribution is 2.26. The van der Waals surface area contributed by atoms with Crippen LogP contribution < -0.4 is 15.1 Å². The minimum Gasteiger partial charge on any atom is -0.495 e. The Hall–Kier alpha value is -3.08. The summed E-state index contributed by atoms with van der Waals surface area (Å²) in [5.41, 5.74) is 1.40. The molecule has 0 aliphatic carbocycles. The molecule has 1 amide bonds. The van der Waals surface area contributed by atoms with E-state index in [1.54, 1.807) is 35.9 Å². The first-order chi connectivity index (χ1) is 11.6. The number of aromatic nitrogens is 1. The van der Waals surface area contributed by atoms with Gasteiger partial charge in [0.1, 0.15) is 12.3 Å². The number of ether oxygens (including phenoxy) is 1. The van der Waals surface area contributed by atoms with Crippen LogP contribution in [0.1, 0.15) is 0 Å². The van der Waals surface area contributed by atoms with Crippen LogP contribution in [0.25, 0.3) is 10.9 Å². The van der Waals surface area contributed by atoms with E-state index in [0.717, 1.165) is 5.52 Å². The molecule has 24 heavy (non-hydrogen) atoms. The van der Waals surface area contributed by atoms with Gasteiger partial charge < -0.3 is 14.2 Å². The molecule has 3 rings (SSSR count). The van der Waals surface area contributed by atoms with E-state index in [-0.39, 0.29) is 17.9 Å². The zero-order valence-electron chi connectivity index (χ0n) is 13.6. The quantitative estimate of drug-likeness (QED) is 0.742. The lowest BCUT2D eigenvalue weighted by Crippen LogP contribution is -2.30. The van der Waals surface area contributed by atoms with Crippen LogP contribution in [0.5, 0.6) is 5.75 Å². The van der Waals surface area contributed by atoms with E-state index in [0.29, 0.717) is 16.8 Å². The zero-order chi connectivity index (χ0) is 17.1. The second-order valence-corrected chi connectivity index (χ2v) is 5.45. The normalized spacial score (nSPS) is 10.6. The maximum Gasteiger partial charge on any atom is 0.246 e. The molecule has 5 nitrogen and oxygen atoms in total. The molecule has 0 saturated heterocycles. The number of anilines is 1. The molecule has 0 fully saturated rings. The van der Waals surface area contributed by atoms with Crippen LogP contribution in [0.3, 0.4) is 0 Å². The largest absolute Gasteiger partial charge is 0.495 e. The third-order valence-electron chi connectivity index (χ3n) is 4.01. The molecule has 0 aliphatic heterocycles. The predicted molar refractivity (Wildman–Crippen MR) is 94.6 cm³/mol. The molecule has 0 bridgehead atoms. The molecule has 3 aromatic rings. The van der Waals surface area contributed by atoms with Crippen LogP contribution in [-0.2, 0) is 11.3 Å². The topological polar surface area (TPSA) is 51.5 Å². The molecule has 0 saturated carbocycles. The predicted octanol–water partition coefficient (Wildman–Crippen LogP) is 2.67. The number of rotatable bonds is 4. The molecular formula is C19H18N2O3. The molecule has 2 aromatic carbocycles. The van der Waals surface area contributed by atoms with E-state index in [4.69, 9.17) is 4.74 Å². The Morgan fingerprint density at radius 3 is 2.58 bits per heavy atom. The van der Waals surface area contributed by atoms with Gasteiger partial charge in [0.2, 0.25) is 5.91 Å². The third kappa shape index (κ3) is 2.88. The number of methoxy groups -OCH3 is 1. The van der Waals surface area contributed by atoms with E-state index in [2.05, 4.69) is 0 Å². The molecule has 0 radical (unpaired) electrons. The van der Waals surface area contributed by atoms with E-state index >= 15 is 0 Å². The standard InChI is InChI=1S/C19H18N2O3/c1-20(16-9-5-6-10-18(16)24-2)19(23)13-21-12-11-17(22)14-7-3-4-8-15(14)21/h3-12H,13H2,1-2H3. The van der Waals surface area contributed by atoms with Crippen molar-refractivity contribution in [1.82, 2.24) is 4.57 Å². The molecule has 122 valence electrons. The Balaban J connectivity index is 1.93. The SMILES string of the molecule is COc1ccccc1N(C)C(=O)Cn1ccc(=O)c2ccccc21. The van der Waals surface area contributed by atoms with E-state index in [1.165, 1.54) is 6.07 Å². The summed E-state index contributed by atoms with van der Waals surface area (Å²) in [7, 11) is 3.29. The number of carbonyl (C=O) groups excluding carboxylic acids is 1. The number of carbonyl (C=O) groups is 1. The number of hydrogen-bond donors (Lipinski definition) is 0. The Kier molecular flexibility index (Phi) is 4.33. The molecular weight excluding hydrogens is 304 g/mol. The smallest absolute Gasteiger partial charge is 0.246 e. The summed E-state index contributed by atoms with van der Waals surface area (Å²) in [6, 6.07) is 16.1. The molecule has 0 spiro atoms. The van der Waals surface area contributed by atoms with Crippen LogP contribution in [-0.4, -0.2) is 24.6 Å². The zero-order valence-corrected chi connectivity index (χ0v) is 13.6. The minimum absolute atomic E-state index is 0.0487. The first-order valence-electron chi connectivity index (χ1n) is 7.59. The second kappa shape index (κ2) is 6.58. The molecule has 0 atom stereocenters. The number of nitrogens with zero attached hydrogens (tertiary/aromatic N) is 2. The van der Waals surface area contributed by atoms with Crippen molar-refractivity contribution in [3.05, 3.63) is 71.0 Å². The Morgan fingerprint density at radius 1 is 1.08 bits per heavy atom. The van der Waals surface area contributed by atoms with Crippen molar-refractivity contribution in [2.75, 3.05) is 19.1 Å².